The van der Waals surface area contributed by atoms with Crippen LogP contribution in [0.2, 0.25) is 0 Å². The zero-order chi connectivity index (χ0) is 15.5. The van der Waals surface area contributed by atoms with Crippen LogP contribution in [0.4, 0.5) is 0 Å². The molecular weight excluding hydrogens is 344 g/mol. The maximum absolute atomic E-state index is 12.8. The molecule has 0 radical (unpaired) electrons. The first-order valence-electron chi connectivity index (χ1n) is 6.73. The topological polar surface area (TPSA) is 55.1 Å². The van der Waals surface area contributed by atoms with Crippen LogP contribution in [0.25, 0.3) is 5.69 Å². The Hall–Kier alpha value is -2.24. The molecule has 1 aromatic heterocycles. The van der Waals surface area contributed by atoms with E-state index in [2.05, 4.69) is 20.9 Å². The van der Waals surface area contributed by atoms with E-state index in [1.54, 1.807) is 35.2 Å². The van der Waals surface area contributed by atoms with Crippen LogP contribution in [0.1, 0.15) is 21.7 Å². The molecule has 3 rings (SSSR count). The Bertz CT molecular complexity index is 813. The standard InChI is InChI=1S/C17H13BrN2O2/c18-13-6-7-15(20-9-8-19-16(20)11-21)14(10-13)17(22)12-4-2-1-3-5-12/h1-10,21H,11H2. The number of nitrogens with zero attached hydrogens (tertiary/aromatic N) is 2. The summed E-state index contributed by atoms with van der Waals surface area (Å²) in [5, 5.41) is 9.39. The fourth-order valence-electron chi connectivity index (χ4n) is 2.32. The predicted octanol–water partition coefficient (Wildman–Crippen LogP) is 3.36. The highest BCUT2D eigenvalue weighted by atomic mass is 79.9. The van der Waals surface area contributed by atoms with Crippen molar-refractivity contribution in [2.24, 2.45) is 0 Å². The van der Waals surface area contributed by atoms with Crippen molar-refractivity contribution in [3.8, 4) is 5.69 Å². The van der Waals surface area contributed by atoms with Crippen LogP contribution in [0, 0.1) is 0 Å². The Labute approximate surface area is 136 Å². The Morgan fingerprint density at radius 1 is 1.18 bits per heavy atom. The summed E-state index contributed by atoms with van der Waals surface area (Å²) in [7, 11) is 0. The number of halogens is 1. The Morgan fingerprint density at radius 3 is 2.68 bits per heavy atom. The average Bonchev–Trinajstić information content (AvgIpc) is 3.03. The first-order valence-corrected chi connectivity index (χ1v) is 7.53. The number of carbonyl (C=O) groups excluding carboxylic acids is 1. The van der Waals surface area contributed by atoms with Crippen LogP contribution in [-0.2, 0) is 6.61 Å². The van der Waals surface area contributed by atoms with Crippen molar-refractivity contribution in [1.82, 2.24) is 9.55 Å². The summed E-state index contributed by atoms with van der Waals surface area (Å²) < 4.78 is 2.55. The average molecular weight is 357 g/mol. The number of aliphatic hydroxyl groups excluding tert-OH is 1. The summed E-state index contributed by atoms with van der Waals surface area (Å²) in [6.45, 7) is -0.192. The molecule has 22 heavy (non-hydrogen) atoms. The summed E-state index contributed by atoms with van der Waals surface area (Å²) >= 11 is 3.41. The van der Waals surface area contributed by atoms with Crippen molar-refractivity contribution < 1.29 is 9.90 Å². The number of hydrogen-bond donors (Lipinski definition) is 1. The molecule has 0 aliphatic rings. The van der Waals surface area contributed by atoms with E-state index in [1.807, 2.05) is 30.3 Å². The van der Waals surface area contributed by atoms with Crippen LogP contribution < -0.4 is 0 Å². The van der Waals surface area contributed by atoms with Gasteiger partial charge >= 0.3 is 0 Å². The van der Waals surface area contributed by atoms with E-state index >= 15 is 0 Å². The smallest absolute Gasteiger partial charge is 0.195 e. The SMILES string of the molecule is O=C(c1ccccc1)c1cc(Br)ccc1-n1ccnc1CO. The minimum absolute atomic E-state index is 0.0745. The molecule has 3 aromatic rings. The molecule has 0 aliphatic carbocycles. The van der Waals surface area contributed by atoms with Gasteiger partial charge in [-0.15, -0.1) is 0 Å². The van der Waals surface area contributed by atoms with Gasteiger partial charge in [-0.3, -0.25) is 4.79 Å². The molecule has 4 nitrogen and oxygen atoms in total. The molecule has 1 heterocycles. The summed E-state index contributed by atoms with van der Waals surface area (Å²) in [5.74, 6) is 0.416. The number of benzene rings is 2. The van der Waals surface area contributed by atoms with E-state index in [9.17, 15) is 9.90 Å². The molecule has 0 spiro atoms. The fraction of sp³-hybridized carbons (Fsp3) is 0.0588. The number of carbonyl (C=O) groups is 1. The van der Waals surface area contributed by atoms with Crippen molar-refractivity contribution in [2.45, 2.75) is 6.61 Å². The van der Waals surface area contributed by atoms with Crippen molar-refractivity contribution in [2.75, 3.05) is 0 Å². The number of ketones is 1. The third kappa shape index (κ3) is 2.73. The molecule has 0 bridgehead atoms. The summed E-state index contributed by atoms with van der Waals surface area (Å²) in [5.41, 5.74) is 1.86. The van der Waals surface area contributed by atoms with E-state index in [4.69, 9.17) is 0 Å². The lowest BCUT2D eigenvalue weighted by Gasteiger charge is -2.12. The number of hydrogen-bond acceptors (Lipinski definition) is 3. The van der Waals surface area contributed by atoms with Gasteiger partial charge in [0.25, 0.3) is 0 Å². The van der Waals surface area contributed by atoms with Crippen molar-refractivity contribution in [3.63, 3.8) is 0 Å². The van der Waals surface area contributed by atoms with Crippen LogP contribution in [0.5, 0.6) is 0 Å². The molecule has 0 atom stereocenters. The largest absolute Gasteiger partial charge is 0.388 e. The Morgan fingerprint density at radius 2 is 1.95 bits per heavy atom. The van der Waals surface area contributed by atoms with Gasteiger partial charge in [0.15, 0.2) is 5.78 Å². The third-order valence-corrected chi connectivity index (χ3v) is 3.85. The molecule has 0 unspecified atom stereocenters. The van der Waals surface area contributed by atoms with Gasteiger partial charge in [0.2, 0.25) is 0 Å². The second-order valence-corrected chi connectivity index (χ2v) is 5.64. The van der Waals surface area contributed by atoms with Gasteiger partial charge in [-0.25, -0.2) is 4.98 Å². The normalized spacial score (nSPS) is 10.6. The van der Waals surface area contributed by atoms with Gasteiger partial charge in [-0.1, -0.05) is 46.3 Å². The first-order chi connectivity index (χ1) is 10.7. The molecule has 1 N–H and O–H groups in total. The van der Waals surface area contributed by atoms with Gasteiger partial charge in [0.05, 0.1) is 5.69 Å². The maximum atomic E-state index is 12.8. The Balaban J connectivity index is 2.15. The molecular formula is C17H13BrN2O2. The number of aliphatic hydroxyl groups is 1. The lowest BCUT2D eigenvalue weighted by atomic mass is 10.0. The number of rotatable bonds is 4. The molecule has 0 saturated carbocycles. The second kappa shape index (κ2) is 6.25. The summed E-state index contributed by atoms with van der Waals surface area (Å²) in [4.78, 5) is 16.9. The molecule has 5 heteroatoms. The highest BCUT2D eigenvalue weighted by Gasteiger charge is 2.16. The highest BCUT2D eigenvalue weighted by Crippen LogP contribution is 2.24. The van der Waals surface area contributed by atoms with E-state index < -0.39 is 0 Å². The first kappa shape index (κ1) is 14.7. The van der Waals surface area contributed by atoms with Crippen LogP contribution in [0.15, 0.2) is 65.4 Å². The van der Waals surface area contributed by atoms with Crippen molar-refractivity contribution >= 4 is 21.7 Å². The maximum Gasteiger partial charge on any atom is 0.195 e. The van der Waals surface area contributed by atoms with Gasteiger partial charge < -0.3 is 9.67 Å². The second-order valence-electron chi connectivity index (χ2n) is 4.73. The van der Waals surface area contributed by atoms with E-state index in [0.717, 1.165) is 4.47 Å². The van der Waals surface area contributed by atoms with Crippen LogP contribution in [0.3, 0.4) is 0 Å². The van der Waals surface area contributed by atoms with Gasteiger partial charge in [0, 0.05) is 28.0 Å². The monoisotopic (exact) mass is 356 g/mol. The van der Waals surface area contributed by atoms with Crippen LogP contribution >= 0.6 is 15.9 Å². The molecule has 0 fully saturated rings. The molecule has 0 amide bonds. The van der Waals surface area contributed by atoms with Crippen LogP contribution in [-0.4, -0.2) is 20.4 Å². The van der Waals surface area contributed by atoms with Gasteiger partial charge in [-0.05, 0) is 18.2 Å². The molecule has 0 aliphatic heterocycles. The minimum Gasteiger partial charge on any atom is -0.388 e. The zero-order valence-corrected chi connectivity index (χ0v) is 13.2. The Kier molecular flexibility index (Phi) is 4.18. The van der Waals surface area contributed by atoms with E-state index in [1.165, 1.54) is 0 Å². The lowest BCUT2D eigenvalue weighted by Crippen LogP contribution is -2.09. The lowest BCUT2D eigenvalue weighted by molar-refractivity contribution is 0.103. The van der Waals surface area contributed by atoms with E-state index in [-0.39, 0.29) is 12.4 Å². The highest BCUT2D eigenvalue weighted by molar-refractivity contribution is 9.10. The third-order valence-electron chi connectivity index (χ3n) is 3.36. The molecule has 110 valence electrons. The van der Waals surface area contributed by atoms with E-state index in [0.29, 0.717) is 22.6 Å². The number of aromatic nitrogens is 2. The fourth-order valence-corrected chi connectivity index (χ4v) is 2.68. The molecule has 2 aromatic carbocycles. The quantitative estimate of drug-likeness (QED) is 0.729. The number of imidazole rings is 1. The van der Waals surface area contributed by atoms with Crippen molar-refractivity contribution in [3.05, 3.63) is 82.3 Å². The minimum atomic E-state index is -0.192. The zero-order valence-electron chi connectivity index (χ0n) is 11.6. The summed E-state index contributed by atoms with van der Waals surface area (Å²) in [6.07, 6.45) is 3.33. The van der Waals surface area contributed by atoms with Crippen molar-refractivity contribution in [1.29, 1.82) is 0 Å². The molecule has 0 saturated heterocycles. The summed E-state index contributed by atoms with van der Waals surface area (Å²) in [6, 6.07) is 14.6. The predicted molar refractivity (Wildman–Crippen MR) is 87.1 cm³/mol. The van der Waals surface area contributed by atoms with Gasteiger partial charge in [-0.2, -0.15) is 0 Å². The van der Waals surface area contributed by atoms with Gasteiger partial charge in [0.1, 0.15) is 12.4 Å².